The highest BCUT2D eigenvalue weighted by Crippen LogP contribution is 2.30. The zero-order valence-electron chi connectivity index (χ0n) is 17.9. The zero-order chi connectivity index (χ0) is 21.9. The minimum Gasteiger partial charge on any atom is -0.489 e. The second kappa shape index (κ2) is 8.60. The van der Waals surface area contributed by atoms with Crippen molar-refractivity contribution in [3.63, 3.8) is 0 Å². The molecule has 0 unspecified atom stereocenters. The molecule has 0 aliphatic heterocycles. The molecule has 1 heterocycles. The average Bonchev–Trinajstić information content (AvgIpc) is 3.21. The van der Waals surface area contributed by atoms with Crippen LogP contribution < -0.4 is 10.1 Å². The quantitative estimate of drug-likeness (QED) is 0.321. The van der Waals surface area contributed by atoms with Crippen LogP contribution in [0, 0.1) is 0 Å². The van der Waals surface area contributed by atoms with Crippen molar-refractivity contribution in [3.05, 3.63) is 108 Å². The lowest BCUT2D eigenvalue weighted by Crippen LogP contribution is -2.11. The molecule has 4 nitrogen and oxygen atoms in total. The summed E-state index contributed by atoms with van der Waals surface area (Å²) in [5.74, 6) is 0.584. The van der Waals surface area contributed by atoms with Crippen LogP contribution in [0.2, 0.25) is 0 Å². The number of benzene rings is 4. The number of amides is 1. The molecule has 0 aliphatic rings. The summed E-state index contributed by atoms with van der Waals surface area (Å²) < 4.78 is 5.81. The van der Waals surface area contributed by atoms with Crippen LogP contribution in [0.1, 0.15) is 28.4 Å². The van der Waals surface area contributed by atoms with Gasteiger partial charge in [-0.15, -0.1) is 0 Å². The summed E-state index contributed by atoms with van der Waals surface area (Å²) in [4.78, 5) is 16.3. The number of aromatic amines is 1. The van der Waals surface area contributed by atoms with Crippen molar-refractivity contribution >= 4 is 33.4 Å². The number of ether oxygens (including phenoxy) is 1. The second-order valence-corrected chi connectivity index (χ2v) is 7.83. The molecule has 1 aromatic heterocycles. The Bertz CT molecular complexity index is 1390. The topological polar surface area (TPSA) is 54.1 Å². The molecule has 158 valence electrons. The first-order valence-corrected chi connectivity index (χ1v) is 10.8. The fourth-order valence-electron chi connectivity index (χ4n) is 4.01. The molecule has 4 aromatic carbocycles. The predicted octanol–water partition coefficient (Wildman–Crippen LogP) is 6.71. The van der Waals surface area contributed by atoms with Gasteiger partial charge >= 0.3 is 0 Å². The van der Waals surface area contributed by atoms with Crippen LogP contribution in [0.3, 0.4) is 0 Å². The first kappa shape index (κ1) is 19.9. The molecule has 5 rings (SSSR count). The SMILES string of the molecule is CCc1cccc2c1[nH]c1cc(NC(=O)c3ccc(OCc4ccccc4)cc3)ccc12. The van der Waals surface area contributed by atoms with Gasteiger partial charge in [-0.3, -0.25) is 4.79 Å². The Kier molecular flexibility index (Phi) is 5.34. The molecule has 2 N–H and O–H groups in total. The van der Waals surface area contributed by atoms with Crippen LogP contribution in [-0.2, 0) is 13.0 Å². The van der Waals surface area contributed by atoms with Crippen molar-refractivity contribution in [2.24, 2.45) is 0 Å². The first-order chi connectivity index (χ1) is 15.7. The largest absolute Gasteiger partial charge is 0.489 e. The molecule has 1 amide bonds. The van der Waals surface area contributed by atoms with Gasteiger partial charge in [-0.05, 0) is 53.9 Å². The van der Waals surface area contributed by atoms with Gasteiger partial charge in [0.05, 0.1) is 0 Å². The lowest BCUT2D eigenvalue weighted by Gasteiger charge is -2.08. The molecule has 0 saturated carbocycles. The molecule has 0 spiro atoms. The summed E-state index contributed by atoms with van der Waals surface area (Å²) in [6.07, 6.45) is 0.971. The van der Waals surface area contributed by atoms with Crippen LogP contribution in [0.15, 0.2) is 91.0 Å². The van der Waals surface area contributed by atoms with E-state index >= 15 is 0 Å². The van der Waals surface area contributed by atoms with Crippen molar-refractivity contribution in [1.82, 2.24) is 4.98 Å². The summed E-state index contributed by atoms with van der Waals surface area (Å²) >= 11 is 0. The van der Waals surface area contributed by atoms with E-state index in [-0.39, 0.29) is 5.91 Å². The third kappa shape index (κ3) is 3.95. The van der Waals surface area contributed by atoms with E-state index < -0.39 is 0 Å². The van der Waals surface area contributed by atoms with Crippen molar-refractivity contribution in [2.75, 3.05) is 5.32 Å². The van der Waals surface area contributed by atoms with Gasteiger partial charge in [0.25, 0.3) is 5.91 Å². The van der Waals surface area contributed by atoms with E-state index in [1.54, 1.807) is 12.1 Å². The number of carbonyl (C=O) groups is 1. The maximum atomic E-state index is 12.8. The smallest absolute Gasteiger partial charge is 0.255 e. The van der Waals surface area contributed by atoms with Crippen LogP contribution in [0.5, 0.6) is 5.75 Å². The van der Waals surface area contributed by atoms with Gasteiger partial charge in [0.15, 0.2) is 0 Å². The van der Waals surface area contributed by atoms with Gasteiger partial charge in [0.1, 0.15) is 12.4 Å². The zero-order valence-corrected chi connectivity index (χ0v) is 17.9. The van der Waals surface area contributed by atoms with E-state index in [0.717, 1.165) is 34.3 Å². The van der Waals surface area contributed by atoms with Crippen molar-refractivity contribution in [1.29, 1.82) is 0 Å². The molecule has 32 heavy (non-hydrogen) atoms. The van der Waals surface area contributed by atoms with Gasteiger partial charge in [-0.1, -0.05) is 61.5 Å². The third-order valence-electron chi connectivity index (χ3n) is 5.72. The van der Waals surface area contributed by atoms with Crippen molar-refractivity contribution < 1.29 is 9.53 Å². The summed E-state index contributed by atoms with van der Waals surface area (Å²) in [6.45, 7) is 2.65. The number of rotatable bonds is 6. The Labute approximate surface area is 186 Å². The molecule has 0 bridgehead atoms. The highest BCUT2D eigenvalue weighted by molar-refractivity contribution is 6.10. The number of nitrogens with one attached hydrogen (secondary N) is 2. The summed E-state index contributed by atoms with van der Waals surface area (Å²) in [5, 5.41) is 5.37. The highest BCUT2D eigenvalue weighted by atomic mass is 16.5. The summed E-state index contributed by atoms with van der Waals surface area (Å²) in [6, 6.07) is 29.6. The Hall–Kier alpha value is -4.05. The molecule has 5 aromatic rings. The molecule has 0 saturated heterocycles. The minimum atomic E-state index is -0.149. The fraction of sp³-hybridized carbons (Fsp3) is 0.107. The Morgan fingerprint density at radius 3 is 2.47 bits per heavy atom. The van der Waals surface area contributed by atoms with Gasteiger partial charge < -0.3 is 15.0 Å². The molecule has 4 heteroatoms. The lowest BCUT2D eigenvalue weighted by atomic mass is 10.1. The number of carbonyl (C=O) groups excluding carboxylic acids is 1. The molecular formula is C28H24N2O2. The predicted molar refractivity (Wildman–Crippen MR) is 130 cm³/mol. The van der Waals surface area contributed by atoms with Gasteiger partial charge in [0.2, 0.25) is 0 Å². The van der Waals surface area contributed by atoms with E-state index in [0.29, 0.717) is 12.2 Å². The number of aryl methyl sites for hydroxylation is 1. The lowest BCUT2D eigenvalue weighted by molar-refractivity contribution is 0.102. The summed E-state index contributed by atoms with van der Waals surface area (Å²) in [7, 11) is 0. The number of para-hydroxylation sites is 1. The Morgan fingerprint density at radius 2 is 1.69 bits per heavy atom. The van der Waals surface area contributed by atoms with Gasteiger partial charge in [0, 0.05) is 33.1 Å². The summed E-state index contributed by atoms with van der Waals surface area (Å²) in [5.41, 5.74) is 5.92. The van der Waals surface area contributed by atoms with E-state index in [1.807, 2.05) is 54.6 Å². The number of anilines is 1. The normalized spacial score (nSPS) is 11.0. The third-order valence-corrected chi connectivity index (χ3v) is 5.72. The van der Waals surface area contributed by atoms with E-state index in [1.165, 1.54) is 16.5 Å². The Morgan fingerprint density at radius 1 is 0.875 bits per heavy atom. The fourth-order valence-corrected chi connectivity index (χ4v) is 4.01. The Balaban J connectivity index is 1.30. The number of fused-ring (bicyclic) bond motifs is 3. The number of hydrogen-bond donors (Lipinski definition) is 2. The molecule has 0 radical (unpaired) electrons. The second-order valence-electron chi connectivity index (χ2n) is 7.83. The number of H-pyrrole nitrogens is 1. The number of hydrogen-bond acceptors (Lipinski definition) is 2. The van der Waals surface area contributed by atoms with Crippen LogP contribution >= 0.6 is 0 Å². The maximum absolute atomic E-state index is 12.8. The molecule has 0 aliphatic carbocycles. The standard InChI is InChI=1S/C28H24N2O2/c1-2-20-9-6-10-25-24-16-13-22(17-26(24)30-27(20)25)29-28(31)21-11-14-23(15-12-21)32-18-19-7-4-3-5-8-19/h3-17,30H,2,18H2,1H3,(H,29,31). The van der Waals surface area contributed by atoms with Crippen LogP contribution in [0.25, 0.3) is 21.8 Å². The maximum Gasteiger partial charge on any atom is 0.255 e. The van der Waals surface area contributed by atoms with Crippen LogP contribution in [-0.4, -0.2) is 10.9 Å². The van der Waals surface area contributed by atoms with E-state index in [2.05, 4.69) is 41.5 Å². The first-order valence-electron chi connectivity index (χ1n) is 10.8. The minimum absolute atomic E-state index is 0.149. The van der Waals surface area contributed by atoms with Gasteiger partial charge in [-0.2, -0.15) is 0 Å². The van der Waals surface area contributed by atoms with Crippen molar-refractivity contribution in [2.45, 2.75) is 20.0 Å². The van der Waals surface area contributed by atoms with E-state index in [4.69, 9.17) is 4.74 Å². The van der Waals surface area contributed by atoms with Crippen molar-refractivity contribution in [3.8, 4) is 5.75 Å². The monoisotopic (exact) mass is 420 g/mol. The molecular weight excluding hydrogens is 396 g/mol. The average molecular weight is 421 g/mol. The molecule has 0 atom stereocenters. The highest BCUT2D eigenvalue weighted by Gasteiger charge is 2.10. The molecule has 0 fully saturated rings. The van der Waals surface area contributed by atoms with Crippen LogP contribution in [0.4, 0.5) is 5.69 Å². The van der Waals surface area contributed by atoms with Gasteiger partial charge in [-0.25, -0.2) is 0 Å². The number of aromatic nitrogens is 1. The van der Waals surface area contributed by atoms with E-state index in [9.17, 15) is 4.79 Å².